The Labute approximate surface area is 138 Å². The maximum Gasteiger partial charge on any atom is 0.310 e. The molecular weight excluding hydrogens is 309 g/mol. The van der Waals surface area contributed by atoms with Crippen LogP contribution < -0.4 is 4.74 Å². The zero-order valence-electron chi connectivity index (χ0n) is 13.1. The molecule has 0 bridgehead atoms. The minimum absolute atomic E-state index is 0.0753. The van der Waals surface area contributed by atoms with E-state index in [-0.39, 0.29) is 12.4 Å². The van der Waals surface area contributed by atoms with Crippen molar-refractivity contribution >= 4 is 16.9 Å². The number of fused-ring (bicyclic) bond motifs is 1. The lowest BCUT2D eigenvalue weighted by Gasteiger charge is -2.11. The standard InChI is InChI=1S/C19H16FNO3/c1-12(19(22)23)14-7-9-18(16(20)10-14)24-11-15-8-6-13-4-2-3-5-17(13)21-15/h2-10,12H,11H2,1H3,(H,22,23). The molecule has 3 aromatic rings. The molecule has 0 saturated carbocycles. The number of aromatic nitrogens is 1. The van der Waals surface area contributed by atoms with Gasteiger partial charge in [0.05, 0.1) is 17.1 Å². The van der Waals surface area contributed by atoms with Gasteiger partial charge in [-0.05, 0) is 36.8 Å². The van der Waals surface area contributed by atoms with Gasteiger partial charge in [0.15, 0.2) is 11.6 Å². The van der Waals surface area contributed by atoms with Gasteiger partial charge >= 0.3 is 5.97 Å². The van der Waals surface area contributed by atoms with Gasteiger partial charge in [0.2, 0.25) is 0 Å². The Morgan fingerprint density at radius 3 is 2.75 bits per heavy atom. The SMILES string of the molecule is CC(C(=O)O)c1ccc(OCc2ccc3ccccc3n2)c(F)c1. The van der Waals surface area contributed by atoms with E-state index >= 15 is 0 Å². The largest absolute Gasteiger partial charge is 0.484 e. The van der Waals surface area contributed by atoms with Crippen molar-refractivity contribution in [2.75, 3.05) is 0 Å². The molecular formula is C19H16FNO3. The molecule has 2 aromatic carbocycles. The molecule has 0 fully saturated rings. The number of ether oxygens (including phenoxy) is 1. The van der Waals surface area contributed by atoms with Crippen LogP contribution in [0, 0.1) is 5.82 Å². The molecule has 0 radical (unpaired) electrons. The Hall–Kier alpha value is -2.95. The van der Waals surface area contributed by atoms with Crippen molar-refractivity contribution in [2.24, 2.45) is 0 Å². The van der Waals surface area contributed by atoms with E-state index in [1.54, 1.807) is 6.07 Å². The predicted molar refractivity (Wildman–Crippen MR) is 88.5 cm³/mol. The van der Waals surface area contributed by atoms with E-state index in [1.807, 2.05) is 36.4 Å². The van der Waals surface area contributed by atoms with E-state index in [1.165, 1.54) is 19.1 Å². The third-order valence-electron chi connectivity index (χ3n) is 3.86. The van der Waals surface area contributed by atoms with E-state index in [0.717, 1.165) is 10.9 Å². The highest BCUT2D eigenvalue weighted by Gasteiger charge is 2.16. The normalized spacial score (nSPS) is 12.1. The van der Waals surface area contributed by atoms with Gasteiger partial charge in [0.1, 0.15) is 6.61 Å². The maximum absolute atomic E-state index is 14.1. The van der Waals surface area contributed by atoms with E-state index < -0.39 is 17.7 Å². The van der Waals surface area contributed by atoms with Crippen LogP contribution in [0.15, 0.2) is 54.6 Å². The van der Waals surface area contributed by atoms with Crippen LogP contribution in [0.3, 0.4) is 0 Å². The summed E-state index contributed by atoms with van der Waals surface area (Å²) in [6.07, 6.45) is 0. The number of rotatable bonds is 5. The highest BCUT2D eigenvalue weighted by molar-refractivity contribution is 5.78. The second kappa shape index (κ2) is 6.66. The number of hydrogen-bond acceptors (Lipinski definition) is 3. The summed E-state index contributed by atoms with van der Waals surface area (Å²) in [5, 5.41) is 10.00. The smallest absolute Gasteiger partial charge is 0.310 e. The lowest BCUT2D eigenvalue weighted by atomic mass is 10.0. The van der Waals surface area contributed by atoms with Gasteiger partial charge in [-0.3, -0.25) is 4.79 Å². The molecule has 0 spiro atoms. The second-order valence-corrected chi connectivity index (χ2v) is 5.53. The molecule has 0 aliphatic heterocycles. The first-order chi connectivity index (χ1) is 11.5. The summed E-state index contributed by atoms with van der Waals surface area (Å²) < 4.78 is 19.6. The molecule has 122 valence electrons. The Balaban J connectivity index is 1.74. The molecule has 24 heavy (non-hydrogen) atoms. The van der Waals surface area contributed by atoms with Gasteiger partial charge in [-0.2, -0.15) is 0 Å². The van der Waals surface area contributed by atoms with Crippen LogP contribution in [0.2, 0.25) is 0 Å². The monoisotopic (exact) mass is 325 g/mol. The Kier molecular flexibility index (Phi) is 4.42. The molecule has 1 atom stereocenters. The fourth-order valence-electron chi connectivity index (χ4n) is 2.39. The van der Waals surface area contributed by atoms with Crippen molar-refractivity contribution in [3.05, 3.63) is 71.7 Å². The van der Waals surface area contributed by atoms with E-state index in [0.29, 0.717) is 11.3 Å². The minimum Gasteiger partial charge on any atom is -0.484 e. The number of carbonyl (C=O) groups is 1. The minimum atomic E-state index is -0.997. The third-order valence-corrected chi connectivity index (χ3v) is 3.86. The van der Waals surface area contributed by atoms with Gasteiger partial charge in [0.25, 0.3) is 0 Å². The van der Waals surface area contributed by atoms with Gasteiger partial charge in [0, 0.05) is 5.39 Å². The topological polar surface area (TPSA) is 59.4 Å². The summed E-state index contributed by atoms with van der Waals surface area (Å²) >= 11 is 0. The van der Waals surface area contributed by atoms with Crippen LogP contribution >= 0.6 is 0 Å². The lowest BCUT2D eigenvalue weighted by Crippen LogP contribution is -2.08. The first-order valence-corrected chi connectivity index (χ1v) is 7.54. The van der Waals surface area contributed by atoms with E-state index in [2.05, 4.69) is 4.98 Å². The number of aliphatic carboxylic acids is 1. The molecule has 1 heterocycles. The molecule has 1 aromatic heterocycles. The fraction of sp³-hybridized carbons (Fsp3) is 0.158. The van der Waals surface area contributed by atoms with Gasteiger partial charge < -0.3 is 9.84 Å². The van der Waals surface area contributed by atoms with Crippen molar-refractivity contribution in [3.8, 4) is 5.75 Å². The molecule has 0 amide bonds. The second-order valence-electron chi connectivity index (χ2n) is 5.53. The zero-order chi connectivity index (χ0) is 17.1. The summed E-state index contributed by atoms with van der Waals surface area (Å²) in [5.74, 6) is -2.27. The molecule has 0 saturated heterocycles. The van der Waals surface area contributed by atoms with Crippen LogP contribution in [0.25, 0.3) is 10.9 Å². The van der Waals surface area contributed by atoms with Crippen molar-refractivity contribution in [1.82, 2.24) is 4.98 Å². The summed E-state index contributed by atoms with van der Waals surface area (Å²) in [6.45, 7) is 1.65. The van der Waals surface area contributed by atoms with Gasteiger partial charge in [-0.1, -0.05) is 30.3 Å². The Morgan fingerprint density at radius 1 is 1.21 bits per heavy atom. The van der Waals surface area contributed by atoms with E-state index in [9.17, 15) is 9.18 Å². The molecule has 5 heteroatoms. The zero-order valence-corrected chi connectivity index (χ0v) is 13.1. The number of halogens is 1. The van der Waals surface area contributed by atoms with Gasteiger partial charge in [-0.15, -0.1) is 0 Å². The molecule has 4 nitrogen and oxygen atoms in total. The van der Waals surface area contributed by atoms with E-state index in [4.69, 9.17) is 9.84 Å². The number of pyridine rings is 1. The quantitative estimate of drug-likeness (QED) is 0.766. The van der Waals surface area contributed by atoms with Crippen LogP contribution in [0.4, 0.5) is 4.39 Å². The number of nitrogens with zero attached hydrogens (tertiary/aromatic N) is 1. The number of hydrogen-bond donors (Lipinski definition) is 1. The average Bonchev–Trinajstić information content (AvgIpc) is 2.59. The maximum atomic E-state index is 14.1. The third kappa shape index (κ3) is 3.35. The van der Waals surface area contributed by atoms with Crippen molar-refractivity contribution in [2.45, 2.75) is 19.4 Å². The molecule has 1 N–H and O–H groups in total. The fourth-order valence-corrected chi connectivity index (χ4v) is 2.39. The number of carboxylic acid groups (broad SMARTS) is 1. The first kappa shape index (κ1) is 15.9. The van der Waals surface area contributed by atoms with Crippen LogP contribution in [-0.4, -0.2) is 16.1 Å². The van der Waals surface area contributed by atoms with Crippen LogP contribution in [0.5, 0.6) is 5.75 Å². The molecule has 3 rings (SSSR count). The highest BCUT2D eigenvalue weighted by Crippen LogP contribution is 2.24. The van der Waals surface area contributed by atoms with Gasteiger partial charge in [-0.25, -0.2) is 9.37 Å². The highest BCUT2D eigenvalue weighted by atomic mass is 19.1. The Bertz CT molecular complexity index is 895. The number of carboxylic acids is 1. The lowest BCUT2D eigenvalue weighted by molar-refractivity contribution is -0.138. The molecule has 0 aliphatic carbocycles. The Morgan fingerprint density at radius 2 is 2.00 bits per heavy atom. The van der Waals surface area contributed by atoms with Crippen molar-refractivity contribution in [1.29, 1.82) is 0 Å². The number of para-hydroxylation sites is 1. The molecule has 1 unspecified atom stereocenters. The van der Waals surface area contributed by atoms with Crippen molar-refractivity contribution in [3.63, 3.8) is 0 Å². The number of benzene rings is 2. The van der Waals surface area contributed by atoms with Crippen LogP contribution in [0.1, 0.15) is 24.1 Å². The predicted octanol–water partition coefficient (Wildman–Crippen LogP) is 4.14. The first-order valence-electron chi connectivity index (χ1n) is 7.54. The van der Waals surface area contributed by atoms with Crippen molar-refractivity contribution < 1.29 is 19.0 Å². The summed E-state index contributed by atoms with van der Waals surface area (Å²) in [7, 11) is 0. The molecule has 0 aliphatic rings. The summed E-state index contributed by atoms with van der Waals surface area (Å²) in [6, 6.07) is 15.7. The average molecular weight is 325 g/mol. The summed E-state index contributed by atoms with van der Waals surface area (Å²) in [5.41, 5.74) is 1.94. The van der Waals surface area contributed by atoms with Crippen LogP contribution in [-0.2, 0) is 11.4 Å². The summed E-state index contributed by atoms with van der Waals surface area (Å²) in [4.78, 5) is 15.4.